The minimum absolute atomic E-state index is 0.0979. The zero-order valence-corrected chi connectivity index (χ0v) is 26.7. The second-order valence-corrected chi connectivity index (χ2v) is 12.0. The summed E-state index contributed by atoms with van der Waals surface area (Å²) in [6.07, 6.45) is 1.67. The van der Waals surface area contributed by atoms with Gasteiger partial charge in [0.25, 0.3) is 0 Å². The Bertz CT molecular complexity index is 1520. The van der Waals surface area contributed by atoms with Gasteiger partial charge in [0.1, 0.15) is 11.9 Å². The van der Waals surface area contributed by atoms with Crippen LogP contribution in [0.4, 0.5) is 4.79 Å². The maximum absolute atomic E-state index is 14.7. The van der Waals surface area contributed by atoms with E-state index in [1.807, 2.05) is 77.4 Å². The van der Waals surface area contributed by atoms with E-state index in [1.54, 1.807) is 11.1 Å². The lowest BCUT2D eigenvalue weighted by molar-refractivity contribution is -0.136. The number of hydrogen-bond acceptors (Lipinski definition) is 7. The van der Waals surface area contributed by atoms with Crippen molar-refractivity contribution in [3.8, 4) is 5.88 Å². The van der Waals surface area contributed by atoms with Crippen LogP contribution in [0.3, 0.4) is 0 Å². The number of aromatic nitrogens is 1. The predicted molar refractivity (Wildman–Crippen MR) is 173 cm³/mol. The highest BCUT2D eigenvalue weighted by Crippen LogP contribution is 2.45. The molecule has 1 aromatic heterocycles. The molecule has 2 aromatic carbocycles. The van der Waals surface area contributed by atoms with E-state index in [0.29, 0.717) is 93.0 Å². The molecular formula is C33H36Cl2N6O4. The first-order valence-electron chi connectivity index (χ1n) is 15.3. The molecule has 2 fully saturated rings. The highest BCUT2D eigenvalue weighted by Gasteiger charge is 2.45. The van der Waals surface area contributed by atoms with Crippen LogP contribution in [-0.2, 0) is 9.53 Å². The molecule has 0 bridgehead atoms. The monoisotopic (exact) mass is 650 g/mol. The average Bonchev–Trinajstić information content (AvgIpc) is 3.46. The summed E-state index contributed by atoms with van der Waals surface area (Å²) in [5.74, 6) is 0.997. The topological polar surface area (TPSA) is 90.8 Å². The number of ether oxygens (including phenoxy) is 2. The highest BCUT2D eigenvalue weighted by molar-refractivity contribution is 6.30. The molecule has 2 saturated heterocycles. The van der Waals surface area contributed by atoms with Crippen molar-refractivity contribution < 1.29 is 19.1 Å². The molecule has 0 spiro atoms. The molecule has 0 unspecified atom stereocenters. The summed E-state index contributed by atoms with van der Waals surface area (Å²) in [6, 6.07) is 17.7. The number of pyridine rings is 1. The summed E-state index contributed by atoms with van der Waals surface area (Å²) in [7, 11) is 0. The number of halogens is 2. The van der Waals surface area contributed by atoms with E-state index in [9.17, 15) is 9.59 Å². The normalized spacial score (nSPS) is 20.7. The van der Waals surface area contributed by atoms with Crippen molar-refractivity contribution in [3.05, 3.63) is 93.6 Å². The van der Waals surface area contributed by atoms with Crippen LogP contribution in [0, 0.1) is 0 Å². The maximum atomic E-state index is 14.7. The van der Waals surface area contributed by atoms with Crippen LogP contribution < -0.4 is 4.74 Å². The van der Waals surface area contributed by atoms with Gasteiger partial charge in [-0.1, -0.05) is 47.5 Å². The lowest BCUT2D eigenvalue weighted by atomic mass is 9.93. The molecule has 3 amide bonds. The second kappa shape index (κ2) is 14.2. The summed E-state index contributed by atoms with van der Waals surface area (Å²) in [4.78, 5) is 44.8. The number of rotatable bonds is 7. The van der Waals surface area contributed by atoms with Crippen LogP contribution in [-0.4, -0.2) is 108 Å². The average molecular weight is 652 g/mol. The van der Waals surface area contributed by atoms with E-state index in [-0.39, 0.29) is 11.9 Å². The first-order chi connectivity index (χ1) is 21.9. The highest BCUT2D eigenvalue weighted by atomic mass is 35.5. The second-order valence-electron chi connectivity index (χ2n) is 11.1. The fraction of sp³-hybridized carbons (Fsp3) is 0.394. The van der Waals surface area contributed by atoms with E-state index in [2.05, 4.69) is 9.88 Å². The van der Waals surface area contributed by atoms with Crippen molar-refractivity contribution in [2.45, 2.75) is 19.0 Å². The minimum atomic E-state index is -0.471. The lowest BCUT2D eigenvalue weighted by Crippen LogP contribution is -2.56. The summed E-state index contributed by atoms with van der Waals surface area (Å²) < 4.78 is 11.3. The van der Waals surface area contributed by atoms with Gasteiger partial charge < -0.3 is 19.3 Å². The zero-order valence-electron chi connectivity index (χ0n) is 25.1. The third-order valence-electron chi connectivity index (χ3n) is 8.35. The van der Waals surface area contributed by atoms with Gasteiger partial charge in [0.2, 0.25) is 11.8 Å². The number of benzene rings is 2. The number of amides is 3. The molecule has 12 heteroatoms. The SMILES string of the molecule is CCOc1ncccc1C1=N[C@@H](c2ccc(Cl)cc2)[C@@H](c2ccc(Cl)cc2)N1C(=O)N1CCN(CC(=O)N2CCOCC2)CC1. The Hall–Kier alpha value is -3.70. The van der Waals surface area contributed by atoms with Crippen molar-refractivity contribution in [1.82, 2.24) is 24.6 Å². The molecule has 2 atom stereocenters. The van der Waals surface area contributed by atoms with E-state index >= 15 is 0 Å². The molecule has 45 heavy (non-hydrogen) atoms. The Labute approximate surface area is 273 Å². The number of aliphatic imine (C=N–C) groups is 1. The number of amidine groups is 1. The number of nitrogens with zero attached hydrogens (tertiary/aromatic N) is 6. The van der Waals surface area contributed by atoms with Gasteiger partial charge in [-0.15, -0.1) is 0 Å². The van der Waals surface area contributed by atoms with Crippen molar-refractivity contribution in [2.75, 3.05) is 65.6 Å². The van der Waals surface area contributed by atoms with E-state index in [1.165, 1.54) is 0 Å². The number of piperazine rings is 1. The molecule has 236 valence electrons. The standard InChI is InChI=1S/C33H36Cl2N6O4/c1-2-45-32-27(4-3-13-36-32)31-37-29(23-5-9-25(34)10-6-23)30(24-7-11-26(35)12-8-24)41(31)33(43)40-16-14-38(15-17-40)22-28(42)39-18-20-44-21-19-39/h3-13,29-30H,2,14-22H2,1H3/t29-,30+/m0/s1. The predicted octanol–water partition coefficient (Wildman–Crippen LogP) is 4.93. The summed E-state index contributed by atoms with van der Waals surface area (Å²) >= 11 is 12.6. The zero-order chi connectivity index (χ0) is 31.3. The molecule has 4 heterocycles. The van der Waals surface area contributed by atoms with Gasteiger partial charge in [0.15, 0.2) is 0 Å². The van der Waals surface area contributed by atoms with Crippen LogP contribution >= 0.6 is 23.2 Å². The van der Waals surface area contributed by atoms with Gasteiger partial charge in [-0.25, -0.2) is 9.78 Å². The first kappa shape index (κ1) is 31.3. The molecule has 0 N–H and O–H groups in total. The summed E-state index contributed by atoms with van der Waals surface area (Å²) in [6.45, 7) is 7.15. The summed E-state index contributed by atoms with van der Waals surface area (Å²) in [5.41, 5.74) is 2.45. The van der Waals surface area contributed by atoms with Gasteiger partial charge in [-0.05, 0) is 54.4 Å². The van der Waals surface area contributed by atoms with Crippen molar-refractivity contribution >= 4 is 41.0 Å². The van der Waals surface area contributed by atoms with Crippen LogP contribution in [0.15, 0.2) is 71.9 Å². The van der Waals surface area contributed by atoms with Gasteiger partial charge in [-0.3, -0.25) is 19.6 Å². The van der Waals surface area contributed by atoms with Crippen LogP contribution in [0.5, 0.6) is 5.88 Å². The Kier molecular flexibility index (Phi) is 9.85. The van der Waals surface area contributed by atoms with E-state index in [0.717, 1.165) is 11.1 Å². The quantitative estimate of drug-likeness (QED) is 0.360. The number of morpholine rings is 1. The third-order valence-corrected chi connectivity index (χ3v) is 8.86. The van der Waals surface area contributed by atoms with E-state index < -0.39 is 12.1 Å². The Balaban J connectivity index is 1.32. The fourth-order valence-electron chi connectivity index (χ4n) is 6.02. The molecule has 0 radical (unpaired) electrons. The molecular weight excluding hydrogens is 615 g/mol. The number of hydrogen-bond donors (Lipinski definition) is 0. The van der Waals surface area contributed by atoms with Gasteiger partial charge in [-0.2, -0.15) is 0 Å². The maximum Gasteiger partial charge on any atom is 0.326 e. The molecule has 3 aliphatic rings. The van der Waals surface area contributed by atoms with Crippen LogP contribution in [0.2, 0.25) is 10.0 Å². The van der Waals surface area contributed by atoms with Crippen molar-refractivity contribution in [3.63, 3.8) is 0 Å². The number of carbonyl (C=O) groups excluding carboxylic acids is 2. The summed E-state index contributed by atoms with van der Waals surface area (Å²) in [5, 5.41) is 1.22. The molecule has 3 aromatic rings. The van der Waals surface area contributed by atoms with Crippen LogP contribution in [0.1, 0.15) is 35.7 Å². The van der Waals surface area contributed by atoms with Gasteiger partial charge in [0, 0.05) is 55.5 Å². The first-order valence-corrected chi connectivity index (χ1v) is 16.0. The largest absolute Gasteiger partial charge is 0.477 e. The fourth-order valence-corrected chi connectivity index (χ4v) is 6.27. The minimum Gasteiger partial charge on any atom is -0.477 e. The van der Waals surface area contributed by atoms with Crippen LogP contribution in [0.25, 0.3) is 0 Å². The van der Waals surface area contributed by atoms with Gasteiger partial charge in [0.05, 0.1) is 38.0 Å². The number of carbonyl (C=O) groups is 2. The lowest BCUT2D eigenvalue weighted by Gasteiger charge is -2.39. The number of urea groups is 1. The molecule has 0 saturated carbocycles. The third kappa shape index (κ3) is 6.94. The smallest absolute Gasteiger partial charge is 0.326 e. The van der Waals surface area contributed by atoms with Gasteiger partial charge >= 0.3 is 6.03 Å². The molecule has 0 aliphatic carbocycles. The Morgan fingerprint density at radius 3 is 2.16 bits per heavy atom. The molecule has 10 nitrogen and oxygen atoms in total. The molecule has 3 aliphatic heterocycles. The van der Waals surface area contributed by atoms with E-state index in [4.69, 9.17) is 37.7 Å². The molecule has 6 rings (SSSR count). The Morgan fingerprint density at radius 1 is 0.867 bits per heavy atom. The Morgan fingerprint density at radius 2 is 1.51 bits per heavy atom. The van der Waals surface area contributed by atoms with Crippen molar-refractivity contribution in [2.24, 2.45) is 4.99 Å². The van der Waals surface area contributed by atoms with Crippen molar-refractivity contribution in [1.29, 1.82) is 0 Å².